The maximum absolute atomic E-state index is 7.46. The van der Waals surface area contributed by atoms with Gasteiger partial charge in [0.2, 0.25) is 0 Å². The number of allylic oxidation sites excluding steroid dienone is 1. The molecule has 0 saturated carbocycles. The normalized spacial score (nSPS) is 11.5. The first-order valence-corrected chi connectivity index (χ1v) is 3.56. The highest BCUT2D eigenvalue weighted by atomic mass is 15.1. The maximum atomic E-state index is 7.46. The molecule has 0 saturated heterocycles. The summed E-state index contributed by atoms with van der Waals surface area (Å²) in [5.74, 6) is 0. The fourth-order valence-corrected chi connectivity index (χ4v) is 1.04. The van der Waals surface area contributed by atoms with E-state index in [2.05, 4.69) is 21.5 Å². The van der Waals surface area contributed by atoms with E-state index in [1.807, 2.05) is 4.57 Å². The Labute approximate surface area is 71.0 Å². The van der Waals surface area contributed by atoms with Gasteiger partial charge in [-0.05, 0) is 0 Å². The molecular weight excluding hydrogens is 152 g/mol. The fourth-order valence-electron chi connectivity index (χ4n) is 1.04. The summed E-state index contributed by atoms with van der Waals surface area (Å²) in [4.78, 5) is 11.8. The average molecular weight is 161 g/mol. The summed E-state index contributed by atoms with van der Waals surface area (Å²) in [6.45, 7) is 4.27. The van der Waals surface area contributed by atoms with E-state index in [9.17, 15) is 0 Å². The SMILES string of the molecule is [2H]c1ncnc2c1ncn2CC=C. The van der Waals surface area contributed by atoms with Gasteiger partial charge in [0.15, 0.2) is 5.65 Å². The van der Waals surface area contributed by atoms with E-state index in [1.165, 1.54) is 6.33 Å². The van der Waals surface area contributed by atoms with Crippen molar-refractivity contribution < 1.29 is 1.37 Å². The minimum absolute atomic E-state index is 0.160. The first kappa shape index (κ1) is 5.88. The molecule has 0 N–H and O–H groups in total. The molecule has 0 amide bonds. The van der Waals surface area contributed by atoms with Gasteiger partial charge in [-0.15, -0.1) is 6.58 Å². The second-order valence-electron chi connectivity index (χ2n) is 2.34. The van der Waals surface area contributed by atoms with Crippen LogP contribution >= 0.6 is 0 Å². The van der Waals surface area contributed by atoms with Crippen molar-refractivity contribution in [1.29, 1.82) is 0 Å². The summed E-state index contributed by atoms with van der Waals surface area (Å²) in [5, 5.41) is 0. The number of imidazole rings is 1. The van der Waals surface area contributed by atoms with Crippen LogP contribution < -0.4 is 0 Å². The Morgan fingerprint density at radius 1 is 1.67 bits per heavy atom. The average Bonchev–Trinajstić information content (AvgIpc) is 2.51. The van der Waals surface area contributed by atoms with Crippen molar-refractivity contribution in [2.45, 2.75) is 6.54 Å². The van der Waals surface area contributed by atoms with Crippen molar-refractivity contribution in [3.05, 3.63) is 31.5 Å². The van der Waals surface area contributed by atoms with E-state index in [-0.39, 0.29) is 6.17 Å². The predicted octanol–water partition coefficient (Wildman–Crippen LogP) is 1.01. The first-order valence-electron chi connectivity index (χ1n) is 4.06. The Kier molecular flexibility index (Phi) is 1.34. The quantitative estimate of drug-likeness (QED) is 0.617. The minimum Gasteiger partial charge on any atom is -0.311 e. The highest BCUT2D eigenvalue weighted by Gasteiger charge is 1.99. The number of aromatic nitrogens is 4. The largest absolute Gasteiger partial charge is 0.311 e. The molecule has 0 radical (unpaired) electrons. The summed E-state index contributed by atoms with van der Waals surface area (Å²) < 4.78 is 9.28. The van der Waals surface area contributed by atoms with Crippen molar-refractivity contribution in [3.8, 4) is 0 Å². The van der Waals surface area contributed by atoms with Gasteiger partial charge in [0.05, 0.1) is 13.9 Å². The van der Waals surface area contributed by atoms with Gasteiger partial charge in [0, 0.05) is 6.54 Å². The van der Waals surface area contributed by atoms with E-state index in [0.717, 1.165) is 0 Å². The molecule has 0 aromatic carbocycles. The standard InChI is InChI=1S/C8H8N4/c1-2-3-12-6-11-7-4-9-5-10-8(7)12/h2,4-6H,1,3H2/i4D. The number of hydrogen-bond acceptors (Lipinski definition) is 3. The van der Waals surface area contributed by atoms with Gasteiger partial charge >= 0.3 is 0 Å². The van der Waals surface area contributed by atoms with Crippen molar-refractivity contribution >= 4 is 11.2 Å². The van der Waals surface area contributed by atoms with Crippen molar-refractivity contribution in [3.63, 3.8) is 0 Å². The highest BCUT2D eigenvalue weighted by molar-refractivity contribution is 5.68. The third-order valence-corrected chi connectivity index (χ3v) is 1.54. The van der Waals surface area contributed by atoms with Gasteiger partial charge in [-0.3, -0.25) is 0 Å². The first-order chi connectivity index (χ1) is 6.33. The van der Waals surface area contributed by atoms with Crippen LogP contribution in [0.15, 0.2) is 31.5 Å². The number of fused-ring (bicyclic) bond motifs is 1. The van der Waals surface area contributed by atoms with Crippen LogP contribution in [0.4, 0.5) is 0 Å². The third-order valence-electron chi connectivity index (χ3n) is 1.54. The molecule has 0 aliphatic rings. The molecule has 0 unspecified atom stereocenters. The number of nitrogens with zero attached hydrogens (tertiary/aromatic N) is 4. The molecule has 60 valence electrons. The number of rotatable bonds is 2. The lowest BCUT2D eigenvalue weighted by Crippen LogP contribution is -1.93. The highest BCUT2D eigenvalue weighted by Crippen LogP contribution is 2.06. The molecular formula is C8H8N4. The second-order valence-corrected chi connectivity index (χ2v) is 2.34. The summed E-state index contributed by atoms with van der Waals surface area (Å²) in [6, 6.07) is 0. The third kappa shape index (κ3) is 0.972. The smallest absolute Gasteiger partial charge is 0.163 e. The molecule has 4 heteroatoms. The lowest BCUT2D eigenvalue weighted by atomic mass is 10.5. The Morgan fingerprint density at radius 2 is 2.58 bits per heavy atom. The summed E-state index contributed by atoms with van der Waals surface area (Å²) >= 11 is 0. The van der Waals surface area contributed by atoms with Gasteiger partial charge < -0.3 is 4.57 Å². The van der Waals surface area contributed by atoms with Crippen LogP contribution in [-0.4, -0.2) is 19.5 Å². The predicted molar refractivity (Wildman–Crippen MR) is 45.5 cm³/mol. The molecule has 12 heavy (non-hydrogen) atoms. The Morgan fingerprint density at radius 3 is 3.42 bits per heavy atom. The van der Waals surface area contributed by atoms with Crippen molar-refractivity contribution in [1.82, 2.24) is 19.5 Å². The molecule has 4 nitrogen and oxygen atoms in total. The zero-order valence-electron chi connectivity index (χ0n) is 7.44. The molecule has 2 aromatic heterocycles. The molecule has 0 fully saturated rings. The van der Waals surface area contributed by atoms with Crippen LogP contribution in [0.5, 0.6) is 0 Å². The van der Waals surface area contributed by atoms with Crippen LogP contribution in [-0.2, 0) is 6.54 Å². The monoisotopic (exact) mass is 161 g/mol. The van der Waals surface area contributed by atoms with Crippen LogP contribution in [0.3, 0.4) is 0 Å². The van der Waals surface area contributed by atoms with Gasteiger partial charge in [-0.1, -0.05) is 6.08 Å². The van der Waals surface area contributed by atoms with Gasteiger partial charge in [0.25, 0.3) is 0 Å². The van der Waals surface area contributed by atoms with Gasteiger partial charge in [0.1, 0.15) is 11.8 Å². The molecule has 0 atom stereocenters. The van der Waals surface area contributed by atoms with E-state index < -0.39 is 0 Å². The minimum atomic E-state index is 0.160. The topological polar surface area (TPSA) is 43.6 Å². The Bertz CT molecular complexity index is 448. The summed E-state index contributed by atoms with van der Waals surface area (Å²) in [7, 11) is 0. The fraction of sp³-hybridized carbons (Fsp3) is 0.125. The Hall–Kier alpha value is -1.71. The van der Waals surface area contributed by atoms with E-state index in [4.69, 9.17) is 1.37 Å². The molecule has 0 spiro atoms. The summed E-state index contributed by atoms with van der Waals surface area (Å²) in [6.07, 6.45) is 4.92. The summed E-state index contributed by atoms with van der Waals surface area (Å²) in [5.41, 5.74) is 1.21. The Balaban J connectivity index is 2.67. The van der Waals surface area contributed by atoms with Gasteiger partial charge in [-0.2, -0.15) is 0 Å². The molecule has 0 aliphatic carbocycles. The van der Waals surface area contributed by atoms with Gasteiger partial charge in [-0.25, -0.2) is 15.0 Å². The second kappa shape index (κ2) is 2.73. The lowest BCUT2D eigenvalue weighted by molar-refractivity contribution is 0.838. The van der Waals surface area contributed by atoms with E-state index >= 15 is 0 Å². The number of hydrogen-bond donors (Lipinski definition) is 0. The van der Waals surface area contributed by atoms with Crippen molar-refractivity contribution in [2.75, 3.05) is 0 Å². The molecule has 2 heterocycles. The molecule has 0 bridgehead atoms. The zero-order valence-corrected chi connectivity index (χ0v) is 6.44. The van der Waals surface area contributed by atoms with E-state index in [0.29, 0.717) is 17.7 Å². The zero-order chi connectivity index (χ0) is 9.26. The maximum Gasteiger partial charge on any atom is 0.163 e. The van der Waals surface area contributed by atoms with Crippen LogP contribution in [0.1, 0.15) is 1.37 Å². The van der Waals surface area contributed by atoms with Crippen molar-refractivity contribution in [2.24, 2.45) is 0 Å². The molecule has 0 aliphatic heterocycles. The molecule has 2 aromatic rings. The van der Waals surface area contributed by atoms with Crippen LogP contribution in [0.25, 0.3) is 11.2 Å². The van der Waals surface area contributed by atoms with Crippen LogP contribution in [0, 0.1) is 0 Å². The lowest BCUT2D eigenvalue weighted by Gasteiger charge is -1.95. The van der Waals surface area contributed by atoms with Crippen LogP contribution in [0.2, 0.25) is 0 Å². The van der Waals surface area contributed by atoms with E-state index in [1.54, 1.807) is 12.4 Å². The molecule has 2 rings (SSSR count).